The van der Waals surface area contributed by atoms with E-state index >= 15 is 0 Å². The van der Waals surface area contributed by atoms with Crippen molar-refractivity contribution in [2.24, 2.45) is 0 Å². The molecule has 4 aromatic carbocycles. The van der Waals surface area contributed by atoms with Gasteiger partial charge in [-0.3, -0.25) is 0 Å². The summed E-state index contributed by atoms with van der Waals surface area (Å²) in [6.45, 7) is 0. The highest BCUT2D eigenvalue weighted by Crippen LogP contribution is 2.64. The average molecular weight is 408 g/mol. The molecular weight excluding hydrogens is 406 g/mol. The summed E-state index contributed by atoms with van der Waals surface area (Å²) in [6.07, 6.45) is 0. The van der Waals surface area contributed by atoms with E-state index in [2.05, 4.69) is 0 Å². The van der Waals surface area contributed by atoms with Crippen molar-refractivity contribution in [1.82, 2.24) is 0 Å². The van der Waals surface area contributed by atoms with Crippen molar-refractivity contribution in [3.05, 3.63) is 58.2 Å². The summed E-state index contributed by atoms with van der Waals surface area (Å²) >= 11 is 0. The number of hydrogen-bond donors (Lipinski definition) is 0. The summed E-state index contributed by atoms with van der Waals surface area (Å²) < 4.78 is 141. The Morgan fingerprint density at radius 2 is 0.857 bits per heavy atom. The number of benzene rings is 4. The van der Waals surface area contributed by atoms with E-state index in [1.54, 1.807) is 0 Å². The first-order valence-corrected chi connectivity index (χ1v) is 7.55. The maximum absolute atomic E-state index is 14.6. The van der Waals surface area contributed by atoms with Gasteiger partial charge < -0.3 is 0 Å². The molecule has 28 heavy (non-hydrogen) atoms. The predicted molar refractivity (Wildman–Crippen MR) is 77.7 cm³/mol. The van der Waals surface area contributed by atoms with E-state index in [0.717, 1.165) is 0 Å². The van der Waals surface area contributed by atoms with Gasteiger partial charge in [-0.1, -0.05) is 12.1 Å². The van der Waals surface area contributed by atoms with Gasteiger partial charge in [0.15, 0.2) is 29.1 Å². The van der Waals surface area contributed by atoms with Gasteiger partial charge in [0.25, 0.3) is 0 Å². The second kappa shape index (κ2) is 4.61. The summed E-state index contributed by atoms with van der Waals surface area (Å²) in [5, 5.41) is -6.45. The molecule has 4 aromatic rings. The van der Waals surface area contributed by atoms with E-state index in [-0.39, 0.29) is 0 Å². The molecule has 0 atom stereocenters. The Labute approximate surface area is 147 Å². The van der Waals surface area contributed by atoms with Crippen molar-refractivity contribution in [3.63, 3.8) is 0 Å². The third-order valence-corrected chi connectivity index (χ3v) is 5.16. The predicted octanol–water partition coefficient (Wildman–Crippen LogP) is 6.62. The molecule has 144 valence electrons. The lowest BCUT2D eigenvalue weighted by atomic mass is 9.74. The summed E-state index contributed by atoms with van der Waals surface area (Å²) in [6, 6.07) is 1.26. The highest BCUT2D eigenvalue weighted by molar-refractivity contribution is 6.25. The van der Waals surface area contributed by atoms with Crippen molar-refractivity contribution in [2.45, 2.75) is 11.8 Å². The Hall–Kier alpha value is -2.78. The molecular formula is C18H2F10. The van der Waals surface area contributed by atoms with E-state index in [1.165, 1.54) is 0 Å². The van der Waals surface area contributed by atoms with Crippen LogP contribution in [0.1, 0.15) is 11.1 Å². The van der Waals surface area contributed by atoms with Gasteiger partial charge in [-0.2, -0.15) is 17.6 Å². The van der Waals surface area contributed by atoms with Crippen LogP contribution in [0, 0.1) is 34.9 Å². The largest absolute Gasteiger partial charge is 0.343 e. The number of alkyl halides is 4. The minimum absolute atomic E-state index is 0.628. The zero-order valence-electron chi connectivity index (χ0n) is 12.9. The molecule has 0 heterocycles. The van der Waals surface area contributed by atoms with Crippen LogP contribution in [-0.4, -0.2) is 0 Å². The van der Waals surface area contributed by atoms with Gasteiger partial charge >= 0.3 is 11.8 Å². The Kier molecular flexibility index (Phi) is 2.85. The van der Waals surface area contributed by atoms with Crippen LogP contribution in [0.3, 0.4) is 0 Å². The van der Waals surface area contributed by atoms with Crippen LogP contribution in [0.4, 0.5) is 43.9 Å². The lowest BCUT2D eigenvalue weighted by molar-refractivity contribution is -0.254. The van der Waals surface area contributed by atoms with E-state index in [1.807, 2.05) is 0 Å². The number of fused-ring (bicyclic) bond motifs is 2. The van der Waals surface area contributed by atoms with Gasteiger partial charge in [-0.25, -0.2) is 26.3 Å². The van der Waals surface area contributed by atoms with Crippen molar-refractivity contribution in [1.29, 1.82) is 0 Å². The van der Waals surface area contributed by atoms with Gasteiger partial charge in [-0.15, -0.1) is 0 Å². The first-order chi connectivity index (χ1) is 12.9. The zero-order chi connectivity index (χ0) is 20.5. The van der Waals surface area contributed by atoms with E-state index < -0.39 is 90.2 Å². The highest BCUT2D eigenvalue weighted by Gasteiger charge is 2.72. The van der Waals surface area contributed by atoms with Gasteiger partial charge in [0.1, 0.15) is 5.82 Å². The summed E-state index contributed by atoms with van der Waals surface area (Å²) in [5.41, 5.74) is -3.32. The summed E-state index contributed by atoms with van der Waals surface area (Å²) in [5.74, 6) is -22.5. The van der Waals surface area contributed by atoms with Crippen LogP contribution in [0.15, 0.2) is 12.1 Å². The monoisotopic (exact) mass is 408 g/mol. The zero-order valence-corrected chi connectivity index (χ0v) is 12.9. The lowest BCUT2D eigenvalue weighted by Crippen LogP contribution is -2.48. The Balaban J connectivity index is 2.21. The van der Waals surface area contributed by atoms with Crippen LogP contribution >= 0.6 is 0 Å². The molecule has 0 aromatic heterocycles. The van der Waals surface area contributed by atoms with Gasteiger partial charge in [0.05, 0.1) is 16.3 Å². The van der Waals surface area contributed by atoms with Gasteiger partial charge in [0, 0.05) is 21.7 Å². The third-order valence-electron chi connectivity index (χ3n) is 5.16. The molecule has 0 spiro atoms. The molecule has 1 aliphatic rings. The summed E-state index contributed by atoms with van der Waals surface area (Å²) in [4.78, 5) is 0. The molecule has 0 aliphatic heterocycles. The molecule has 0 N–H and O–H groups in total. The minimum atomic E-state index is -5.00. The van der Waals surface area contributed by atoms with Gasteiger partial charge in [0.2, 0.25) is 0 Å². The first kappa shape index (κ1) is 17.3. The van der Waals surface area contributed by atoms with E-state index in [9.17, 15) is 43.9 Å². The molecule has 0 saturated carbocycles. The minimum Gasteiger partial charge on any atom is -0.206 e. The third kappa shape index (κ3) is 1.51. The normalized spacial score (nSPS) is 17.5. The molecule has 10 heteroatoms. The molecule has 1 aliphatic carbocycles. The molecule has 0 saturated heterocycles. The van der Waals surface area contributed by atoms with Crippen molar-refractivity contribution in [3.8, 4) is 0 Å². The second-order valence-electron chi connectivity index (χ2n) is 6.44. The molecule has 0 amide bonds. The average Bonchev–Trinajstić information content (AvgIpc) is 2.63. The van der Waals surface area contributed by atoms with Crippen LogP contribution in [-0.2, 0) is 11.8 Å². The number of rotatable bonds is 0. The van der Waals surface area contributed by atoms with Crippen molar-refractivity contribution >= 4 is 32.3 Å². The maximum Gasteiger partial charge on any atom is 0.343 e. The molecule has 0 radical (unpaired) electrons. The number of hydrogen-bond acceptors (Lipinski definition) is 0. The van der Waals surface area contributed by atoms with Crippen LogP contribution in [0.5, 0.6) is 0 Å². The molecule has 0 nitrogen and oxygen atoms in total. The molecule has 0 bridgehead atoms. The molecule has 0 fully saturated rings. The molecule has 5 rings (SSSR count). The van der Waals surface area contributed by atoms with Gasteiger partial charge in [-0.05, 0) is 5.39 Å². The maximum atomic E-state index is 14.6. The number of halogens is 10. The van der Waals surface area contributed by atoms with E-state index in [4.69, 9.17) is 0 Å². The fourth-order valence-electron chi connectivity index (χ4n) is 3.93. The van der Waals surface area contributed by atoms with Crippen molar-refractivity contribution < 1.29 is 43.9 Å². The topological polar surface area (TPSA) is 0 Å². The Bertz CT molecular complexity index is 1370. The first-order valence-electron chi connectivity index (χ1n) is 7.55. The Morgan fingerprint density at radius 3 is 1.46 bits per heavy atom. The summed E-state index contributed by atoms with van der Waals surface area (Å²) in [7, 11) is 0. The van der Waals surface area contributed by atoms with E-state index in [0.29, 0.717) is 12.1 Å². The highest BCUT2D eigenvalue weighted by atomic mass is 19.3. The van der Waals surface area contributed by atoms with Crippen LogP contribution in [0.25, 0.3) is 32.3 Å². The Morgan fingerprint density at radius 1 is 0.429 bits per heavy atom. The van der Waals surface area contributed by atoms with Crippen molar-refractivity contribution in [2.75, 3.05) is 0 Å². The SMILES string of the molecule is Fc1c(F)c2ccc3c4c(c(F)c5c(F)c(F)c(c1F)c2c35)C(F)(F)C4(F)F. The van der Waals surface area contributed by atoms with Crippen LogP contribution in [0.2, 0.25) is 0 Å². The fourth-order valence-corrected chi connectivity index (χ4v) is 3.93. The lowest BCUT2D eigenvalue weighted by Gasteiger charge is -2.40. The fraction of sp³-hybridized carbons (Fsp3) is 0.111. The quantitative estimate of drug-likeness (QED) is 0.174. The molecule has 0 unspecified atom stereocenters. The smallest absolute Gasteiger partial charge is 0.206 e. The standard InChI is InChI=1S/C18H2F10/c19-11-4-2-1-3-5-6(4)8(15(23)16(11)24)14(22)13(21)7(5)12(20)10-9(3)17(25,26)18(10,27)28/h1-2H. The van der Waals surface area contributed by atoms with Crippen LogP contribution < -0.4 is 0 Å². The second-order valence-corrected chi connectivity index (χ2v) is 6.44.